The summed E-state index contributed by atoms with van der Waals surface area (Å²) < 4.78 is 4.84. The molecule has 5 rings (SSSR count). The molecule has 1 saturated carbocycles. The maximum Gasteiger partial charge on any atom is 0.307 e. The van der Waals surface area contributed by atoms with Crippen molar-refractivity contribution in [3.63, 3.8) is 0 Å². The Labute approximate surface area is 228 Å². The van der Waals surface area contributed by atoms with Crippen molar-refractivity contribution in [2.24, 2.45) is 11.3 Å². The molecule has 37 heavy (non-hydrogen) atoms. The van der Waals surface area contributed by atoms with Crippen LogP contribution < -0.4 is 10.6 Å². The molecule has 9 heteroatoms. The highest BCUT2D eigenvalue weighted by atomic mass is 35.5. The molecule has 1 spiro atoms. The van der Waals surface area contributed by atoms with Gasteiger partial charge in [-0.3, -0.25) is 9.59 Å². The molecular formula is C28H34Cl2N4O3. The van der Waals surface area contributed by atoms with Gasteiger partial charge in [0.25, 0.3) is 0 Å². The average molecular weight is 546 g/mol. The third-order valence-corrected chi connectivity index (χ3v) is 8.50. The second-order valence-electron chi connectivity index (χ2n) is 10.9. The number of methoxy groups -OCH3 is 1. The lowest BCUT2D eigenvalue weighted by Gasteiger charge is -2.59. The van der Waals surface area contributed by atoms with E-state index in [1.807, 2.05) is 0 Å². The van der Waals surface area contributed by atoms with Gasteiger partial charge in [-0.1, -0.05) is 29.3 Å². The number of pyridine rings is 1. The van der Waals surface area contributed by atoms with Gasteiger partial charge in [0.2, 0.25) is 5.91 Å². The number of ether oxygens (including phenoxy) is 1. The van der Waals surface area contributed by atoms with Gasteiger partial charge in [-0.2, -0.15) is 0 Å². The molecule has 0 bridgehead atoms. The molecule has 3 aliphatic rings. The fraction of sp³-hybridized carbons (Fsp3) is 0.536. The number of nitrogens with zero attached hydrogens (tertiary/aromatic N) is 2. The minimum Gasteiger partial charge on any atom is -0.469 e. The molecule has 1 aromatic carbocycles. The lowest BCUT2D eigenvalue weighted by molar-refractivity contribution is -0.146. The summed E-state index contributed by atoms with van der Waals surface area (Å²) >= 11 is 12.3. The first-order valence-electron chi connectivity index (χ1n) is 13.0. The fourth-order valence-electron chi connectivity index (χ4n) is 6.11. The van der Waals surface area contributed by atoms with Crippen molar-refractivity contribution in [1.29, 1.82) is 0 Å². The number of likely N-dealkylation sites (tertiary alicyclic amines) is 1. The van der Waals surface area contributed by atoms with E-state index in [1.54, 1.807) is 18.2 Å². The van der Waals surface area contributed by atoms with Gasteiger partial charge in [-0.05, 0) is 79.3 Å². The molecule has 1 atom stereocenters. The predicted molar refractivity (Wildman–Crippen MR) is 145 cm³/mol. The number of halogens is 2. The monoisotopic (exact) mass is 544 g/mol. The van der Waals surface area contributed by atoms with Crippen molar-refractivity contribution in [3.05, 3.63) is 56.7 Å². The SMILES string of the molecule is COC(=O)CC(NC(=O)C1CC2(C1)CN(CCc1cc3c(nc1C)NCCC3)C2)c1cc(Cl)cc(Cl)c1. The first-order chi connectivity index (χ1) is 17.7. The van der Waals surface area contributed by atoms with Crippen LogP contribution in [0.5, 0.6) is 0 Å². The highest BCUT2D eigenvalue weighted by Gasteiger charge is 2.54. The second-order valence-corrected chi connectivity index (χ2v) is 11.8. The molecule has 1 saturated heterocycles. The van der Waals surface area contributed by atoms with E-state index in [2.05, 4.69) is 28.5 Å². The van der Waals surface area contributed by atoms with Crippen LogP contribution in [0.15, 0.2) is 24.3 Å². The van der Waals surface area contributed by atoms with E-state index in [1.165, 1.54) is 18.2 Å². The molecule has 198 valence electrons. The maximum atomic E-state index is 13.1. The van der Waals surface area contributed by atoms with E-state index >= 15 is 0 Å². The van der Waals surface area contributed by atoms with Crippen LogP contribution in [0, 0.1) is 18.3 Å². The smallest absolute Gasteiger partial charge is 0.307 e. The number of carbonyl (C=O) groups is 2. The lowest BCUT2D eigenvalue weighted by atomic mass is 9.57. The lowest BCUT2D eigenvalue weighted by Crippen LogP contribution is -2.64. The van der Waals surface area contributed by atoms with Gasteiger partial charge in [0, 0.05) is 47.8 Å². The number of esters is 1. The number of anilines is 1. The Kier molecular flexibility index (Phi) is 7.66. The molecule has 7 nitrogen and oxygen atoms in total. The Morgan fingerprint density at radius 2 is 1.95 bits per heavy atom. The Morgan fingerprint density at radius 1 is 1.22 bits per heavy atom. The normalized spacial score (nSPS) is 19.2. The topological polar surface area (TPSA) is 83.6 Å². The van der Waals surface area contributed by atoms with E-state index in [0.717, 1.165) is 69.8 Å². The number of fused-ring (bicyclic) bond motifs is 1. The summed E-state index contributed by atoms with van der Waals surface area (Å²) in [6, 6.07) is 6.88. The third kappa shape index (κ3) is 5.89. The van der Waals surface area contributed by atoms with Gasteiger partial charge in [-0.25, -0.2) is 4.98 Å². The zero-order valence-electron chi connectivity index (χ0n) is 21.4. The first kappa shape index (κ1) is 26.3. The number of carbonyl (C=O) groups excluding carboxylic acids is 2. The summed E-state index contributed by atoms with van der Waals surface area (Å²) in [4.78, 5) is 32.3. The molecule has 2 aromatic rings. The number of aromatic nitrogens is 1. The van der Waals surface area contributed by atoms with Gasteiger partial charge >= 0.3 is 5.97 Å². The molecule has 2 N–H and O–H groups in total. The van der Waals surface area contributed by atoms with E-state index in [-0.39, 0.29) is 23.7 Å². The summed E-state index contributed by atoms with van der Waals surface area (Å²) in [6.07, 6.45) is 5.05. The second kappa shape index (κ2) is 10.8. The minimum absolute atomic E-state index is 0.0254. The molecule has 1 unspecified atom stereocenters. The number of rotatable bonds is 8. The summed E-state index contributed by atoms with van der Waals surface area (Å²) in [5, 5.41) is 7.37. The summed E-state index contributed by atoms with van der Waals surface area (Å²) in [5.41, 5.74) is 4.73. The summed E-state index contributed by atoms with van der Waals surface area (Å²) in [6.45, 7) is 6.19. The van der Waals surface area contributed by atoms with Crippen LogP contribution in [-0.2, 0) is 27.2 Å². The van der Waals surface area contributed by atoms with E-state index in [9.17, 15) is 9.59 Å². The molecule has 2 fully saturated rings. The summed E-state index contributed by atoms with van der Waals surface area (Å²) in [7, 11) is 1.34. The van der Waals surface area contributed by atoms with Crippen molar-refractivity contribution < 1.29 is 14.3 Å². The van der Waals surface area contributed by atoms with Crippen molar-refractivity contribution in [1.82, 2.24) is 15.2 Å². The van der Waals surface area contributed by atoms with Gasteiger partial charge in [0.1, 0.15) is 5.82 Å². The van der Waals surface area contributed by atoms with Crippen LogP contribution in [0.3, 0.4) is 0 Å². The molecule has 1 aromatic heterocycles. The number of benzene rings is 1. The standard InChI is InChI=1S/C28H34Cl2N4O3/c1-17-18(8-19-4-3-6-31-26(19)32-17)5-7-34-15-28(16-34)13-21(14-28)27(36)33-24(12-25(35)37-2)20-9-22(29)11-23(30)10-20/h8-11,21,24H,3-7,12-16H2,1-2H3,(H,31,32)(H,33,36). The maximum absolute atomic E-state index is 13.1. The highest BCUT2D eigenvalue weighted by Crippen LogP contribution is 2.52. The Hall–Kier alpha value is -2.35. The van der Waals surface area contributed by atoms with Gasteiger partial charge < -0.3 is 20.3 Å². The van der Waals surface area contributed by atoms with Gasteiger partial charge in [0.05, 0.1) is 19.6 Å². The Bertz CT molecular complexity index is 1170. The van der Waals surface area contributed by atoms with Crippen molar-refractivity contribution in [3.8, 4) is 0 Å². The van der Waals surface area contributed by atoms with Crippen LogP contribution in [0.25, 0.3) is 0 Å². The van der Waals surface area contributed by atoms with Crippen molar-refractivity contribution in [2.75, 3.05) is 38.6 Å². The van der Waals surface area contributed by atoms with Crippen molar-refractivity contribution >= 4 is 40.9 Å². The number of hydrogen-bond acceptors (Lipinski definition) is 6. The zero-order chi connectivity index (χ0) is 26.2. The van der Waals surface area contributed by atoms with Crippen molar-refractivity contribution in [2.45, 2.75) is 51.5 Å². The number of hydrogen-bond donors (Lipinski definition) is 2. The number of nitrogens with one attached hydrogen (secondary N) is 2. The predicted octanol–water partition coefficient (Wildman–Crippen LogP) is 4.73. The molecule has 1 amide bonds. The zero-order valence-corrected chi connectivity index (χ0v) is 22.9. The van der Waals surface area contributed by atoms with Gasteiger partial charge in [-0.15, -0.1) is 0 Å². The molecule has 2 aliphatic heterocycles. The highest BCUT2D eigenvalue weighted by molar-refractivity contribution is 6.34. The Balaban J connectivity index is 1.11. The number of amides is 1. The molecule has 0 radical (unpaired) electrons. The quantitative estimate of drug-likeness (QED) is 0.467. The molecule has 3 heterocycles. The van der Waals surface area contributed by atoms with E-state index in [4.69, 9.17) is 32.9 Å². The Morgan fingerprint density at radius 3 is 2.65 bits per heavy atom. The van der Waals surface area contributed by atoms with E-state index < -0.39 is 12.0 Å². The average Bonchev–Trinajstić information content (AvgIpc) is 2.81. The minimum atomic E-state index is -0.533. The van der Waals surface area contributed by atoms with Crippen LogP contribution in [0.4, 0.5) is 5.82 Å². The van der Waals surface area contributed by atoms with Crippen LogP contribution in [-0.4, -0.2) is 55.0 Å². The first-order valence-corrected chi connectivity index (χ1v) is 13.8. The molecule has 1 aliphatic carbocycles. The largest absolute Gasteiger partial charge is 0.469 e. The fourth-order valence-corrected chi connectivity index (χ4v) is 6.66. The van der Waals surface area contributed by atoms with Gasteiger partial charge in [0.15, 0.2) is 0 Å². The van der Waals surface area contributed by atoms with Crippen LogP contribution >= 0.6 is 23.2 Å². The molecular weight excluding hydrogens is 511 g/mol. The summed E-state index contributed by atoms with van der Waals surface area (Å²) in [5.74, 6) is 0.582. The van der Waals surface area contributed by atoms with Crippen LogP contribution in [0.1, 0.15) is 54.1 Å². The third-order valence-electron chi connectivity index (χ3n) is 8.06. The van der Waals surface area contributed by atoms with Crippen LogP contribution in [0.2, 0.25) is 10.0 Å². The number of aryl methyl sites for hydroxylation is 2. The van der Waals surface area contributed by atoms with E-state index in [0.29, 0.717) is 15.6 Å².